The third kappa shape index (κ3) is 4.06. The summed E-state index contributed by atoms with van der Waals surface area (Å²) in [6, 6.07) is 6.61. The van der Waals surface area contributed by atoms with Gasteiger partial charge in [-0.1, -0.05) is 23.2 Å². The van der Waals surface area contributed by atoms with Gasteiger partial charge in [0.15, 0.2) is 11.5 Å². The number of thioether (sulfide) groups is 1. The Morgan fingerprint density at radius 1 is 1.21 bits per heavy atom. The number of rotatable bonds is 5. The van der Waals surface area contributed by atoms with E-state index in [1.165, 1.54) is 24.9 Å². The first-order chi connectivity index (χ1) is 13.9. The van der Waals surface area contributed by atoms with Gasteiger partial charge in [0.1, 0.15) is 10.3 Å². The lowest BCUT2D eigenvalue weighted by molar-refractivity contribution is 0.403. The van der Waals surface area contributed by atoms with E-state index in [0.29, 0.717) is 44.8 Å². The minimum atomic E-state index is -3.88. The molecule has 1 aliphatic heterocycles. The second-order valence-corrected chi connectivity index (χ2v) is 9.61. The largest absolute Gasteiger partial charge is 0.480 e. The fraction of sp³-hybridized carbons (Fsp3) is 0.118. The van der Waals surface area contributed by atoms with E-state index in [4.69, 9.17) is 27.9 Å². The molecule has 0 amide bonds. The van der Waals surface area contributed by atoms with Gasteiger partial charge in [-0.3, -0.25) is 9.82 Å². The van der Waals surface area contributed by atoms with Crippen molar-refractivity contribution in [1.29, 1.82) is 0 Å². The lowest BCUT2D eigenvalue weighted by atomic mass is 10.2. The monoisotopic (exact) mass is 469 g/mol. The molecule has 3 heterocycles. The van der Waals surface area contributed by atoms with Crippen LogP contribution in [0.4, 0.5) is 5.69 Å². The number of hydrogen-bond donors (Lipinski definition) is 2. The van der Waals surface area contributed by atoms with Crippen LogP contribution in [0.25, 0.3) is 22.4 Å². The molecule has 0 radical (unpaired) electrons. The van der Waals surface area contributed by atoms with E-state index in [-0.39, 0.29) is 9.27 Å². The van der Waals surface area contributed by atoms with Gasteiger partial charge in [-0.05, 0) is 30.3 Å². The summed E-state index contributed by atoms with van der Waals surface area (Å²) in [6.07, 6.45) is 2.94. The van der Waals surface area contributed by atoms with Gasteiger partial charge in [0, 0.05) is 22.0 Å². The summed E-state index contributed by atoms with van der Waals surface area (Å²) in [5, 5.41) is 7.80. The van der Waals surface area contributed by atoms with Crippen molar-refractivity contribution in [2.75, 3.05) is 17.6 Å². The molecule has 1 aliphatic rings. The summed E-state index contributed by atoms with van der Waals surface area (Å²) in [7, 11) is -2.36. The normalized spacial score (nSPS) is 14.8. The van der Waals surface area contributed by atoms with Crippen molar-refractivity contribution in [3.8, 4) is 17.3 Å². The second-order valence-electron chi connectivity index (χ2n) is 5.89. The lowest BCUT2D eigenvalue weighted by Gasteiger charge is -2.14. The van der Waals surface area contributed by atoms with E-state index in [2.05, 4.69) is 24.9 Å². The number of sulfonamides is 1. The van der Waals surface area contributed by atoms with Crippen molar-refractivity contribution in [1.82, 2.24) is 20.2 Å². The summed E-state index contributed by atoms with van der Waals surface area (Å²) >= 11 is 13.2. The minimum absolute atomic E-state index is 0.0535. The molecule has 0 bridgehead atoms. The summed E-state index contributed by atoms with van der Waals surface area (Å²) in [4.78, 5) is 8.73. The van der Waals surface area contributed by atoms with Crippen molar-refractivity contribution < 1.29 is 13.2 Å². The number of aromatic nitrogens is 4. The first kappa shape index (κ1) is 20.0. The molecule has 2 aromatic heterocycles. The van der Waals surface area contributed by atoms with Gasteiger partial charge in [0.05, 0.1) is 17.7 Å². The number of nitrogens with zero attached hydrogens (tertiary/aromatic N) is 3. The predicted octanol–water partition coefficient (Wildman–Crippen LogP) is 4.05. The van der Waals surface area contributed by atoms with Crippen LogP contribution in [0.3, 0.4) is 0 Å². The standard InChI is InChI=1S/C17H13Cl2N5O3S2/c1-27-17-12-7-20-23-16(12)21-15(22-17)9-2-4-11(5-3-9)24-29(25,26)13-6-10(18)8-28-14(13)19/h2-7,24H,8H2,1H3,(H,20,21,22,23). The molecule has 8 nitrogen and oxygen atoms in total. The Balaban J connectivity index is 1.62. The van der Waals surface area contributed by atoms with Gasteiger partial charge < -0.3 is 4.74 Å². The quantitative estimate of drug-likeness (QED) is 0.579. The van der Waals surface area contributed by atoms with Gasteiger partial charge >= 0.3 is 0 Å². The van der Waals surface area contributed by atoms with Crippen LogP contribution in [0.5, 0.6) is 5.88 Å². The first-order valence-corrected chi connectivity index (χ1v) is 11.4. The average Bonchev–Trinajstić information content (AvgIpc) is 3.18. The molecule has 0 saturated heterocycles. The van der Waals surface area contributed by atoms with Crippen LogP contribution in [0.15, 0.2) is 50.8 Å². The Morgan fingerprint density at radius 3 is 2.69 bits per heavy atom. The highest BCUT2D eigenvalue weighted by molar-refractivity contribution is 8.06. The molecule has 2 N–H and O–H groups in total. The van der Waals surface area contributed by atoms with E-state index in [0.717, 1.165) is 0 Å². The molecule has 3 aromatic rings. The molecule has 0 spiro atoms. The number of anilines is 1. The predicted molar refractivity (Wildman–Crippen MR) is 115 cm³/mol. The van der Waals surface area contributed by atoms with Crippen molar-refractivity contribution in [3.63, 3.8) is 0 Å². The first-order valence-electron chi connectivity index (χ1n) is 8.14. The number of benzene rings is 1. The number of nitrogens with one attached hydrogen (secondary N) is 2. The fourth-order valence-electron chi connectivity index (χ4n) is 2.62. The maximum Gasteiger partial charge on any atom is 0.263 e. The molecule has 150 valence electrons. The number of methoxy groups -OCH3 is 1. The van der Waals surface area contributed by atoms with E-state index in [1.54, 1.807) is 30.5 Å². The summed E-state index contributed by atoms with van der Waals surface area (Å²) in [5.41, 5.74) is 1.58. The van der Waals surface area contributed by atoms with Crippen LogP contribution in [0.2, 0.25) is 0 Å². The Labute approximate surface area is 180 Å². The Kier molecular flexibility index (Phi) is 5.43. The van der Waals surface area contributed by atoms with E-state index in [9.17, 15) is 8.42 Å². The molecule has 0 atom stereocenters. The van der Waals surface area contributed by atoms with Crippen molar-refractivity contribution in [2.24, 2.45) is 0 Å². The molecule has 29 heavy (non-hydrogen) atoms. The van der Waals surface area contributed by atoms with E-state index < -0.39 is 10.0 Å². The number of fused-ring (bicyclic) bond motifs is 1. The number of halogens is 2. The van der Waals surface area contributed by atoms with E-state index >= 15 is 0 Å². The molecular weight excluding hydrogens is 457 g/mol. The van der Waals surface area contributed by atoms with Crippen molar-refractivity contribution >= 4 is 61.7 Å². The van der Waals surface area contributed by atoms with Crippen LogP contribution in [-0.4, -0.2) is 41.4 Å². The molecule has 4 rings (SSSR count). The van der Waals surface area contributed by atoms with Crippen LogP contribution in [0, 0.1) is 0 Å². The van der Waals surface area contributed by atoms with Crippen molar-refractivity contribution in [2.45, 2.75) is 0 Å². The average molecular weight is 470 g/mol. The van der Waals surface area contributed by atoms with Crippen molar-refractivity contribution in [3.05, 3.63) is 50.8 Å². The maximum absolute atomic E-state index is 12.6. The Morgan fingerprint density at radius 2 is 1.97 bits per heavy atom. The highest BCUT2D eigenvalue weighted by Gasteiger charge is 2.24. The molecule has 0 fully saturated rings. The highest BCUT2D eigenvalue weighted by Crippen LogP contribution is 2.36. The van der Waals surface area contributed by atoms with Gasteiger partial charge in [-0.2, -0.15) is 10.1 Å². The van der Waals surface area contributed by atoms with Gasteiger partial charge in [0.2, 0.25) is 5.88 Å². The van der Waals surface area contributed by atoms with Gasteiger partial charge in [-0.25, -0.2) is 13.4 Å². The molecule has 0 aliphatic carbocycles. The van der Waals surface area contributed by atoms with Gasteiger partial charge in [0.25, 0.3) is 10.0 Å². The maximum atomic E-state index is 12.6. The summed E-state index contributed by atoms with van der Waals surface area (Å²) < 4.78 is 33.2. The number of ether oxygens (including phenoxy) is 1. The number of aromatic amines is 1. The third-order valence-electron chi connectivity index (χ3n) is 3.97. The fourth-order valence-corrected chi connectivity index (χ4v) is 5.60. The van der Waals surface area contributed by atoms with Gasteiger partial charge in [-0.15, -0.1) is 11.8 Å². The molecular formula is C17H13Cl2N5O3S2. The van der Waals surface area contributed by atoms with Crippen LogP contribution >= 0.6 is 35.0 Å². The van der Waals surface area contributed by atoms with Crippen LogP contribution in [-0.2, 0) is 10.0 Å². The zero-order chi connectivity index (χ0) is 20.6. The SMILES string of the molecule is COc1nc(-c2ccc(NS(=O)(=O)C3=C(Cl)SCC(Cl)=C3)cc2)nc2[nH]ncc12. The third-order valence-corrected chi connectivity index (χ3v) is 7.48. The number of H-pyrrole nitrogens is 1. The molecule has 0 saturated carbocycles. The topological polar surface area (TPSA) is 110 Å². The summed E-state index contributed by atoms with van der Waals surface area (Å²) in [5.74, 6) is 1.25. The number of hydrogen-bond acceptors (Lipinski definition) is 7. The molecule has 0 unspecified atom stereocenters. The summed E-state index contributed by atoms with van der Waals surface area (Å²) in [6.45, 7) is 0. The Hall–Kier alpha value is -2.27. The smallest absolute Gasteiger partial charge is 0.263 e. The second kappa shape index (κ2) is 7.86. The van der Waals surface area contributed by atoms with Crippen LogP contribution < -0.4 is 9.46 Å². The lowest BCUT2D eigenvalue weighted by Crippen LogP contribution is -2.16. The van der Waals surface area contributed by atoms with Crippen LogP contribution in [0.1, 0.15) is 0 Å². The number of allylic oxidation sites excluding steroid dienone is 1. The molecule has 12 heteroatoms. The van der Waals surface area contributed by atoms with E-state index in [1.807, 2.05) is 0 Å². The molecule has 1 aromatic carbocycles. The zero-order valence-corrected chi connectivity index (χ0v) is 18.0. The highest BCUT2D eigenvalue weighted by atomic mass is 35.5. The minimum Gasteiger partial charge on any atom is -0.480 e. The Bertz CT molecular complexity index is 1250. The zero-order valence-electron chi connectivity index (χ0n) is 14.8.